The number of benzene rings is 2. The van der Waals surface area contributed by atoms with Crippen LogP contribution < -0.4 is 10.2 Å². The van der Waals surface area contributed by atoms with Gasteiger partial charge in [-0.3, -0.25) is 0 Å². The van der Waals surface area contributed by atoms with E-state index in [2.05, 4.69) is 41.6 Å². The van der Waals surface area contributed by atoms with Gasteiger partial charge >= 0.3 is 0 Å². The van der Waals surface area contributed by atoms with Crippen LogP contribution in [0.3, 0.4) is 0 Å². The van der Waals surface area contributed by atoms with Crippen molar-refractivity contribution in [3.8, 4) is 11.5 Å². The molecule has 0 aliphatic carbocycles. The molecule has 9 heteroatoms. The van der Waals surface area contributed by atoms with Gasteiger partial charge in [-0.25, -0.2) is 5.43 Å². The van der Waals surface area contributed by atoms with E-state index in [-0.39, 0.29) is 11.7 Å². The quantitative estimate of drug-likeness (QED) is 0.361. The van der Waals surface area contributed by atoms with E-state index in [1.54, 1.807) is 18.2 Å². The molecule has 0 saturated heterocycles. The fourth-order valence-corrected chi connectivity index (χ4v) is 3.29. The number of phenolic OH excluding ortho intramolecular Hbond substituents is 1. The number of hydrogen-bond donors (Lipinski definition) is 2. The molecule has 0 fully saturated rings. The highest BCUT2D eigenvalue weighted by atomic mass is 79.9. The third-order valence-electron chi connectivity index (χ3n) is 4.24. The Morgan fingerprint density at radius 2 is 2.11 bits per heavy atom. The van der Waals surface area contributed by atoms with Crippen molar-refractivity contribution in [2.45, 2.75) is 6.92 Å². The molecule has 0 aliphatic rings. The lowest BCUT2D eigenvalue weighted by atomic mass is 10.2. The van der Waals surface area contributed by atoms with E-state index in [4.69, 9.17) is 4.74 Å². The van der Waals surface area contributed by atoms with Gasteiger partial charge in [-0.05, 0) is 37.3 Å². The van der Waals surface area contributed by atoms with Gasteiger partial charge in [0.15, 0.2) is 5.65 Å². The second-order valence-electron chi connectivity index (χ2n) is 6.05. The highest BCUT2D eigenvalue weighted by Gasteiger charge is 2.12. The number of aromatic nitrogens is 4. The van der Waals surface area contributed by atoms with Crippen LogP contribution in [0.25, 0.3) is 22.1 Å². The number of nitrogens with one attached hydrogen (secondary N) is 1. The lowest BCUT2D eigenvalue weighted by Gasteiger charge is -2.05. The molecule has 0 aliphatic heterocycles. The molecule has 2 heterocycles. The highest BCUT2D eigenvalue weighted by molar-refractivity contribution is 9.10. The first kappa shape index (κ1) is 18.2. The summed E-state index contributed by atoms with van der Waals surface area (Å²) in [5.74, 6) is 0.940. The number of fused-ring (bicyclic) bond motifs is 3. The summed E-state index contributed by atoms with van der Waals surface area (Å²) in [7, 11) is 1.93. The van der Waals surface area contributed by atoms with Crippen LogP contribution in [0.4, 0.5) is 5.95 Å². The fraction of sp³-hybridized carbons (Fsp3) is 0.158. The number of ether oxygens (including phenoxy) is 1. The minimum atomic E-state index is 0.0743. The summed E-state index contributed by atoms with van der Waals surface area (Å²) in [6.45, 7) is 2.42. The number of aromatic hydroxyl groups is 1. The number of aryl methyl sites for hydroxylation is 1. The Kier molecular flexibility index (Phi) is 4.82. The van der Waals surface area contributed by atoms with Crippen LogP contribution in [0.1, 0.15) is 12.5 Å². The van der Waals surface area contributed by atoms with Crippen molar-refractivity contribution < 1.29 is 9.84 Å². The highest BCUT2D eigenvalue weighted by Crippen LogP contribution is 2.28. The zero-order valence-corrected chi connectivity index (χ0v) is 16.8. The van der Waals surface area contributed by atoms with E-state index in [1.807, 2.05) is 36.7 Å². The minimum absolute atomic E-state index is 0.0743. The van der Waals surface area contributed by atoms with Gasteiger partial charge < -0.3 is 14.4 Å². The monoisotopic (exact) mass is 440 g/mol. The third kappa shape index (κ3) is 3.36. The van der Waals surface area contributed by atoms with Crippen LogP contribution in [-0.4, -0.2) is 37.7 Å². The maximum Gasteiger partial charge on any atom is 0.265 e. The van der Waals surface area contributed by atoms with Crippen molar-refractivity contribution in [1.29, 1.82) is 0 Å². The normalized spacial score (nSPS) is 11.5. The van der Waals surface area contributed by atoms with Crippen LogP contribution in [0, 0.1) is 0 Å². The second-order valence-corrected chi connectivity index (χ2v) is 6.97. The van der Waals surface area contributed by atoms with Gasteiger partial charge in [0.25, 0.3) is 5.95 Å². The summed E-state index contributed by atoms with van der Waals surface area (Å²) in [6.07, 6.45) is 1.48. The lowest BCUT2D eigenvalue weighted by Crippen LogP contribution is -2.01. The zero-order valence-electron chi connectivity index (χ0n) is 15.2. The van der Waals surface area contributed by atoms with Crippen molar-refractivity contribution in [2.75, 3.05) is 12.0 Å². The summed E-state index contributed by atoms with van der Waals surface area (Å²) in [5, 5.41) is 23.5. The number of anilines is 1. The smallest absolute Gasteiger partial charge is 0.265 e. The van der Waals surface area contributed by atoms with E-state index in [1.165, 1.54) is 6.21 Å². The molecule has 142 valence electrons. The maximum absolute atomic E-state index is 10.0. The Hall–Kier alpha value is -3.20. The summed E-state index contributed by atoms with van der Waals surface area (Å²) >= 11 is 3.48. The van der Waals surface area contributed by atoms with Gasteiger partial charge in [-0.15, -0.1) is 10.2 Å². The summed E-state index contributed by atoms with van der Waals surface area (Å²) in [5.41, 5.74) is 5.73. The summed E-state index contributed by atoms with van der Waals surface area (Å²) in [6, 6.07) is 11.0. The van der Waals surface area contributed by atoms with Crippen LogP contribution in [-0.2, 0) is 7.05 Å². The molecule has 0 saturated carbocycles. The Balaban J connectivity index is 1.59. The Bertz CT molecular complexity index is 1200. The SMILES string of the molecule is CCOc1ccc(/C=N/Nc2nnc3c4cc(Br)ccc4n(C)c3n2)c(O)c1. The fourth-order valence-electron chi connectivity index (χ4n) is 2.93. The van der Waals surface area contributed by atoms with Crippen molar-refractivity contribution in [2.24, 2.45) is 12.1 Å². The predicted molar refractivity (Wildman–Crippen MR) is 112 cm³/mol. The molecule has 0 bridgehead atoms. The molecule has 0 atom stereocenters. The minimum Gasteiger partial charge on any atom is -0.507 e. The Morgan fingerprint density at radius 3 is 2.89 bits per heavy atom. The number of halogens is 1. The molecule has 4 aromatic rings. The molecule has 4 rings (SSSR count). The number of phenols is 1. The standard InChI is InChI=1S/C19H17BrN6O2/c1-3-28-13-6-4-11(16(27)9-13)10-21-24-19-22-18-17(23-25-19)14-8-12(20)5-7-15(14)26(18)2/h4-10,27H,3H2,1-2H3,(H,22,24,25)/b21-10+. The molecule has 2 aromatic carbocycles. The molecule has 0 amide bonds. The second kappa shape index (κ2) is 7.43. The third-order valence-corrected chi connectivity index (χ3v) is 4.74. The maximum atomic E-state index is 10.0. The summed E-state index contributed by atoms with van der Waals surface area (Å²) < 4.78 is 8.27. The first-order valence-electron chi connectivity index (χ1n) is 8.60. The largest absolute Gasteiger partial charge is 0.507 e. The lowest BCUT2D eigenvalue weighted by molar-refractivity contribution is 0.337. The van der Waals surface area contributed by atoms with Crippen molar-refractivity contribution in [3.63, 3.8) is 0 Å². The number of rotatable bonds is 5. The molecular formula is C19H17BrN6O2. The number of nitrogens with zero attached hydrogens (tertiary/aromatic N) is 5. The van der Waals surface area contributed by atoms with E-state index in [0.29, 0.717) is 23.6 Å². The van der Waals surface area contributed by atoms with Crippen molar-refractivity contribution in [1.82, 2.24) is 19.7 Å². The van der Waals surface area contributed by atoms with Gasteiger partial charge in [0.2, 0.25) is 0 Å². The van der Waals surface area contributed by atoms with E-state index in [0.717, 1.165) is 20.9 Å². The van der Waals surface area contributed by atoms with Gasteiger partial charge in [0, 0.05) is 28.5 Å². The number of hydrazone groups is 1. The topological polar surface area (TPSA) is 97.5 Å². The van der Waals surface area contributed by atoms with E-state index < -0.39 is 0 Å². The molecule has 0 radical (unpaired) electrons. The molecule has 0 spiro atoms. The average molecular weight is 441 g/mol. The zero-order chi connectivity index (χ0) is 19.7. The van der Waals surface area contributed by atoms with Gasteiger partial charge in [-0.1, -0.05) is 15.9 Å². The molecule has 8 nitrogen and oxygen atoms in total. The molecular weight excluding hydrogens is 424 g/mol. The molecule has 28 heavy (non-hydrogen) atoms. The molecule has 0 unspecified atom stereocenters. The van der Waals surface area contributed by atoms with Crippen LogP contribution in [0.15, 0.2) is 46.0 Å². The predicted octanol–water partition coefficient (Wildman–Crippen LogP) is 3.83. The van der Waals surface area contributed by atoms with Crippen molar-refractivity contribution in [3.05, 3.63) is 46.4 Å². The van der Waals surface area contributed by atoms with E-state index >= 15 is 0 Å². The average Bonchev–Trinajstić information content (AvgIpc) is 2.95. The number of hydrogen-bond acceptors (Lipinski definition) is 7. The summed E-state index contributed by atoms with van der Waals surface area (Å²) in [4.78, 5) is 4.50. The van der Waals surface area contributed by atoms with Gasteiger partial charge in [0.1, 0.15) is 17.0 Å². The molecule has 2 aromatic heterocycles. The Morgan fingerprint density at radius 1 is 1.25 bits per heavy atom. The van der Waals surface area contributed by atoms with Crippen LogP contribution >= 0.6 is 15.9 Å². The van der Waals surface area contributed by atoms with Crippen LogP contribution in [0.5, 0.6) is 11.5 Å². The first-order chi connectivity index (χ1) is 13.6. The van der Waals surface area contributed by atoms with Crippen molar-refractivity contribution >= 4 is 50.2 Å². The van der Waals surface area contributed by atoms with Crippen LogP contribution in [0.2, 0.25) is 0 Å². The first-order valence-corrected chi connectivity index (χ1v) is 9.39. The van der Waals surface area contributed by atoms with Gasteiger partial charge in [0.05, 0.1) is 18.3 Å². The van der Waals surface area contributed by atoms with E-state index in [9.17, 15) is 5.11 Å². The Labute approximate surface area is 169 Å². The van der Waals surface area contributed by atoms with Gasteiger partial charge in [-0.2, -0.15) is 10.1 Å². The molecule has 2 N–H and O–H groups in total.